The molecule has 5 nitrogen and oxygen atoms in total. The molecule has 1 aliphatic heterocycles. The van der Waals surface area contributed by atoms with Gasteiger partial charge in [-0.15, -0.1) is 0 Å². The lowest BCUT2D eigenvalue weighted by atomic mass is 9.91. The number of rotatable bonds is 6. The molecule has 1 aliphatic rings. The summed E-state index contributed by atoms with van der Waals surface area (Å²) in [5, 5.41) is 2.97. The van der Waals surface area contributed by atoms with Crippen molar-refractivity contribution in [3.05, 3.63) is 69.7 Å². The van der Waals surface area contributed by atoms with E-state index in [9.17, 15) is 9.59 Å². The lowest BCUT2D eigenvalue weighted by molar-refractivity contribution is -0.142. The molecule has 6 heteroatoms. The molecule has 0 bridgehead atoms. The van der Waals surface area contributed by atoms with E-state index >= 15 is 0 Å². The highest BCUT2D eigenvalue weighted by Crippen LogP contribution is 2.30. The average molecular weight is 417 g/mol. The Balaban J connectivity index is 1.82. The molecular weight excluding hydrogens is 396 g/mol. The molecule has 0 aromatic heterocycles. The van der Waals surface area contributed by atoms with Crippen LogP contribution in [0.1, 0.15) is 22.7 Å². The highest BCUT2D eigenvalue weighted by atomic mass is 79.9. The summed E-state index contributed by atoms with van der Waals surface area (Å²) in [6, 6.07) is 14.8. The lowest BCUT2D eigenvalue weighted by Crippen LogP contribution is -2.48. The number of nitrogens with zero attached hydrogens (tertiary/aromatic N) is 1. The van der Waals surface area contributed by atoms with Crippen molar-refractivity contribution in [2.45, 2.75) is 19.0 Å². The molecule has 3 rings (SSSR count). The van der Waals surface area contributed by atoms with Crippen LogP contribution in [0.2, 0.25) is 0 Å². The summed E-state index contributed by atoms with van der Waals surface area (Å²) in [5.74, 6) is -0.232. The third-order valence-corrected chi connectivity index (χ3v) is 4.96. The topological polar surface area (TPSA) is 58.6 Å². The summed E-state index contributed by atoms with van der Waals surface area (Å²) in [5.41, 5.74) is 2.79. The quantitative estimate of drug-likeness (QED) is 0.787. The molecule has 0 spiro atoms. The lowest BCUT2D eigenvalue weighted by Gasteiger charge is -2.36. The SMILES string of the molecule is COCCN1C(=O)Cc2ccccc2[C@H]1C(=O)NCc1cccc(Br)c1. The molecule has 0 fully saturated rings. The van der Waals surface area contributed by atoms with Gasteiger partial charge in [0.05, 0.1) is 13.0 Å². The van der Waals surface area contributed by atoms with Crippen LogP contribution in [0.15, 0.2) is 53.0 Å². The predicted molar refractivity (Wildman–Crippen MR) is 102 cm³/mol. The highest BCUT2D eigenvalue weighted by Gasteiger charge is 2.36. The maximum atomic E-state index is 13.0. The third-order valence-electron chi connectivity index (χ3n) is 4.46. The highest BCUT2D eigenvalue weighted by molar-refractivity contribution is 9.10. The van der Waals surface area contributed by atoms with E-state index in [1.165, 1.54) is 0 Å². The largest absolute Gasteiger partial charge is 0.383 e. The molecule has 0 unspecified atom stereocenters. The maximum Gasteiger partial charge on any atom is 0.247 e. The molecule has 0 radical (unpaired) electrons. The number of methoxy groups -OCH3 is 1. The van der Waals surface area contributed by atoms with E-state index in [0.29, 0.717) is 26.1 Å². The van der Waals surface area contributed by atoms with Gasteiger partial charge in [0.15, 0.2) is 0 Å². The smallest absolute Gasteiger partial charge is 0.247 e. The molecule has 2 aromatic carbocycles. The number of hydrogen-bond acceptors (Lipinski definition) is 3. The van der Waals surface area contributed by atoms with E-state index in [4.69, 9.17) is 4.74 Å². The van der Waals surface area contributed by atoms with Crippen molar-refractivity contribution in [1.82, 2.24) is 10.2 Å². The molecule has 0 aliphatic carbocycles. The molecule has 1 atom stereocenters. The average Bonchev–Trinajstić information content (AvgIpc) is 2.64. The van der Waals surface area contributed by atoms with Crippen LogP contribution in [0.4, 0.5) is 0 Å². The van der Waals surface area contributed by atoms with Crippen LogP contribution in [0, 0.1) is 0 Å². The third kappa shape index (κ3) is 4.14. The van der Waals surface area contributed by atoms with E-state index in [1.54, 1.807) is 12.0 Å². The van der Waals surface area contributed by atoms with Gasteiger partial charge in [-0.05, 0) is 28.8 Å². The summed E-state index contributed by atoms with van der Waals surface area (Å²) in [7, 11) is 1.59. The summed E-state index contributed by atoms with van der Waals surface area (Å²) in [6.07, 6.45) is 0.315. The molecule has 1 N–H and O–H groups in total. The van der Waals surface area contributed by atoms with Crippen molar-refractivity contribution in [1.29, 1.82) is 0 Å². The first kappa shape index (κ1) is 18.6. The second-order valence-corrected chi connectivity index (χ2v) is 7.12. The summed E-state index contributed by atoms with van der Waals surface area (Å²) < 4.78 is 6.08. The van der Waals surface area contributed by atoms with Gasteiger partial charge in [-0.2, -0.15) is 0 Å². The Kier molecular flexibility index (Phi) is 6.06. The first-order valence-electron chi connectivity index (χ1n) is 8.48. The van der Waals surface area contributed by atoms with E-state index in [-0.39, 0.29) is 11.8 Å². The standard InChI is InChI=1S/C20H21BrN2O3/c1-26-10-9-23-18(24)12-15-6-2-3-8-17(15)19(23)20(25)22-13-14-5-4-7-16(21)11-14/h2-8,11,19H,9-10,12-13H2,1H3,(H,22,25)/t19-/m0/s1. The minimum Gasteiger partial charge on any atom is -0.383 e. The number of carbonyl (C=O) groups is 2. The Labute approximate surface area is 161 Å². The number of benzene rings is 2. The van der Waals surface area contributed by atoms with Crippen molar-refractivity contribution in [3.63, 3.8) is 0 Å². The second kappa shape index (κ2) is 8.47. The number of fused-ring (bicyclic) bond motifs is 1. The Hall–Kier alpha value is -2.18. The molecule has 2 amide bonds. The van der Waals surface area contributed by atoms with Gasteiger partial charge in [-0.1, -0.05) is 52.3 Å². The summed E-state index contributed by atoms with van der Waals surface area (Å²) >= 11 is 3.43. The number of carbonyl (C=O) groups excluding carboxylic acids is 2. The Morgan fingerprint density at radius 2 is 2.08 bits per heavy atom. The number of hydrogen-bond donors (Lipinski definition) is 1. The van der Waals surface area contributed by atoms with E-state index in [2.05, 4.69) is 21.2 Å². The first-order valence-corrected chi connectivity index (χ1v) is 9.28. The number of halogens is 1. The van der Waals surface area contributed by atoms with Crippen molar-refractivity contribution in [3.8, 4) is 0 Å². The fourth-order valence-electron chi connectivity index (χ4n) is 3.20. The van der Waals surface area contributed by atoms with Gasteiger partial charge in [0.2, 0.25) is 11.8 Å². The van der Waals surface area contributed by atoms with Crippen molar-refractivity contribution in [2.75, 3.05) is 20.3 Å². The van der Waals surface area contributed by atoms with Crippen molar-refractivity contribution < 1.29 is 14.3 Å². The van der Waals surface area contributed by atoms with Crippen LogP contribution in [0.5, 0.6) is 0 Å². The number of nitrogens with one attached hydrogen (secondary N) is 1. The van der Waals surface area contributed by atoms with Gasteiger partial charge >= 0.3 is 0 Å². The monoisotopic (exact) mass is 416 g/mol. The zero-order chi connectivity index (χ0) is 18.5. The van der Waals surface area contributed by atoms with Gasteiger partial charge < -0.3 is 15.0 Å². The number of amides is 2. The normalized spacial score (nSPS) is 16.3. The zero-order valence-electron chi connectivity index (χ0n) is 14.6. The summed E-state index contributed by atoms with van der Waals surface area (Å²) in [6.45, 7) is 1.19. The zero-order valence-corrected chi connectivity index (χ0v) is 16.2. The van der Waals surface area contributed by atoms with Crippen LogP contribution in [0.3, 0.4) is 0 Å². The van der Waals surface area contributed by atoms with Crippen LogP contribution in [0.25, 0.3) is 0 Å². The summed E-state index contributed by atoms with van der Waals surface area (Å²) in [4.78, 5) is 27.2. The molecular formula is C20H21BrN2O3. The van der Waals surface area contributed by atoms with E-state index in [1.807, 2.05) is 48.5 Å². The fourth-order valence-corrected chi connectivity index (χ4v) is 3.64. The van der Waals surface area contributed by atoms with Gasteiger partial charge in [0.1, 0.15) is 6.04 Å². The first-order chi connectivity index (χ1) is 12.6. The van der Waals surface area contributed by atoms with Gasteiger partial charge in [-0.25, -0.2) is 0 Å². The van der Waals surface area contributed by atoms with Gasteiger partial charge in [0.25, 0.3) is 0 Å². The molecule has 136 valence electrons. The van der Waals surface area contributed by atoms with Crippen LogP contribution in [-0.4, -0.2) is 37.0 Å². The Morgan fingerprint density at radius 3 is 2.85 bits per heavy atom. The van der Waals surface area contributed by atoms with Crippen LogP contribution < -0.4 is 5.32 Å². The molecule has 1 heterocycles. The second-order valence-electron chi connectivity index (χ2n) is 6.21. The van der Waals surface area contributed by atoms with E-state index < -0.39 is 6.04 Å². The molecule has 0 saturated carbocycles. The minimum absolute atomic E-state index is 0.0524. The maximum absolute atomic E-state index is 13.0. The van der Waals surface area contributed by atoms with Gasteiger partial charge in [0, 0.05) is 24.7 Å². The Bertz CT molecular complexity index is 809. The Morgan fingerprint density at radius 1 is 1.27 bits per heavy atom. The fraction of sp³-hybridized carbons (Fsp3) is 0.300. The van der Waals surface area contributed by atoms with Crippen molar-refractivity contribution in [2.24, 2.45) is 0 Å². The number of ether oxygens (including phenoxy) is 1. The van der Waals surface area contributed by atoms with E-state index in [0.717, 1.165) is 21.2 Å². The minimum atomic E-state index is -0.630. The predicted octanol–water partition coefficient (Wildman–Crippen LogP) is 2.84. The van der Waals surface area contributed by atoms with Crippen LogP contribution >= 0.6 is 15.9 Å². The molecule has 26 heavy (non-hydrogen) atoms. The van der Waals surface area contributed by atoms with Gasteiger partial charge in [-0.3, -0.25) is 9.59 Å². The van der Waals surface area contributed by atoms with Crippen molar-refractivity contribution >= 4 is 27.7 Å². The molecule has 2 aromatic rings. The molecule has 0 saturated heterocycles. The van der Waals surface area contributed by atoms with Crippen LogP contribution in [-0.2, 0) is 27.3 Å².